The largest absolute Gasteiger partial charge is 0.388 e. The second kappa shape index (κ2) is 5.85. The Morgan fingerprint density at radius 2 is 2.00 bits per heavy atom. The summed E-state index contributed by atoms with van der Waals surface area (Å²) in [7, 11) is 0. The Labute approximate surface area is 93.3 Å². The van der Waals surface area contributed by atoms with E-state index < -0.39 is 6.10 Å². The first kappa shape index (κ1) is 11.3. The monoisotopic (exact) mass is 252 g/mol. The van der Waals surface area contributed by atoms with Gasteiger partial charge in [0, 0.05) is 10.9 Å². The van der Waals surface area contributed by atoms with Crippen molar-refractivity contribution in [3.63, 3.8) is 0 Å². The lowest BCUT2D eigenvalue weighted by atomic mass is 10.1. The molecule has 0 aliphatic heterocycles. The van der Waals surface area contributed by atoms with Crippen LogP contribution in [0.3, 0.4) is 0 Å². The van der Waals surface area contributed by atoms with Crippen molar-refractivity contribution in [2.24, 2.45) is 0 Å². The molecule has 1 aromatic rings. The second-order valence-corrected chi connectivity index (χ2v) is 3.95. The van der Waals surface area contributed by atoms with Gasteiger partial charge in [0.1, 0.15) is 0 Å². The molecule has 0 radical (unpaired) electrons. The van der Waals surface area contributed by atoms with Crippen LogP contribution in [-0.2, 0) is 0 Å². The fourth-order valence-electron chi connectivity index (χ4n) is 1.19. The molecule has 0 aromatic heterocycles. The molecule has 0 fully saturated rings. The van der Waals surface area contributed by atoms with Gasteiger partial charge in [-0.2, -0.15) is 0 Å². The summed E-state index contributed by atoms with van der Waals surface area (Å²) in [5.41, 5.74) is 0.950. The maximum absolute atomic E-state index is 9.75. The molecule has 1 aromatic carbocycles. The van der Waals surface area contributed by atoms with Crippen molar-refractivity contribution in [2.75, 3.05) is 0 Å². The lowest BCUT2D eigenvalue weighted by Gasteiger charge is -2.08. The third-order valence-electron chi connectivity index (χ3n) is 1.97. The highest BCUT2D eigenvalue weighted by atomic mass is 79.9. The first-order valence-corrected chi connectivity index (χ1v) is 5.36. The average molecular weight is 253 g/mol. The molecule has 1 N–H and O–H groups in total. The Bertz CT molecular complexity index is 332. The van der Waals surface area contributed by atoms with Crippen LogP contribution in [0.4, 0.5) is 0 Å². The van der Waals surface area contributed by atoms with Crippen LogP contribution in [0.15, 0.2) is 28.7 Å². The molecule has 0 spiro atoms. The standard InChI is InChI=1S/C12H13BrO/c1-2-3-4-5-12(14)10-6-8-11(13)9-7-10/h6-9,12,14H,4-5H2,1H3. The predicted molar refractivity (Wildman–Crippen MR) is 61.8 cm³/mol. The summed E-state index contributed by atoms with van der Waals surface area (Å²) in [4.78, 5) is 0. The van der Waals surface area contributed by atoms with E-state index in [1.807, 2.05) is 31.2 Å². The van der Waals surface area contributed by atoms with Crippen molar-refractivity contribution < 1.29 is 5.11 Å². The Balaban J connectivity index is 2.54. The molecule has 0 amide bonds. The smallest absolute Gasteiger partial charge is 0.0799 e. The van der Waals surface area contributed by atoms with Crippen molar-refractivity contribution in [1.29, 1.82) is 0 Å². The Morgan fingerprint density at radius 1 is 1.36 bits per heavy atom. The number of benzene rings is 1. The van der Waals surface area contributed by atoms with Crippen LogP contribution in [0, 0.1) is 11.8 Å². The van der Waals surface area contributed by atoms with Crippen LogP contribution < -0.4 is 0 Å². The minimum Gasteiger partial charge on any atom is -0.388 e. The van der Waals surface area contributed by atoms with E-state index in [2.05, 4.69) is 27.8 Å². The molecule has 14 heavy (non-hydrogen) atoms. The lowest BCUT2D eigenvalue weighted by Crippen LogP contribution is -1.96. The molecule has 1 rings (SSSR count). The number of hydrogen-bond acceptors (Lipinski definition) is 1. The molecule has 0 heterocycles. The zero-order valence-corrected chi connectivity index (χ0v) is 9.71. The average Bonchev–Trinajstić information content (AvgIpc) is 2.19. The summed E-state index contributed by atoms with van der Waals surface area (Å²) >= 11 is 3.35. The predicted octanol–water partition coefficient (Wildman–Crippen LogP) is 3.29. The van der Waals surface area contributed by atoms with Gasteiger partial charge in [-0.1, -0.05) is 28.1 Å². The molecular weight excluding hydrogens is 240 g/mol. The highest BCUT2D eigenvalue weighted by Crippen LogP contribution is 2.20. The minimum atomic E-state index is -0.399. The van der Waals surface area contributed by atoms with Crippen molar-refractivity contribution >= 4 is 15.9 Å². The summed E-state index contributed by atoms with van der Waals surface area (Å²) in [6, 6.07) is 7.72. The summed E-state index contributed by atoms with van der Waals surface area (Å²) in [5, 5.41) is 9.75. The fraction of sp³-hybridized carbons (Fsp3) is 0.333. The quantitative estimate of drug-likeness (QED) is 0.819. The second-order valence-electron chi connectivity index (χ2n) is 3.03. The van der Waals surface area contributed by atoms with E-state index in [0.717, 1.165) is 16.5 Å². The number of aliphatic hydroxyl groups excluding tert-OH is 1. The van der Waals surface area contributed by atoms with E-state index in [1.165, 1.54) is 0 Å². The molecule has 0 saturated carbocycles. The number of halogens is 1. The van der Waals surface area contributed by atoms with Crippen LogP contribution in [0.2, 0.25) is 0 Å². The zero-order chi connectivity index (χ0) is 10.4. The highest BCUT2D eigenvalue weighted by molar-refractivity contribution is 9.10. The van der Waals surface area contributed by atoms with Gasteiger partial charge < -0.3 is 5.11 Å². The van der Waals surface area contributed by atoms with E-state index in [0.29, 0.717) is 6.42 Å². The first-order valence-electron chi connectivity index (χ1n) is 4.57. The lowest BCUT2D eigenvalue weighted by molar-refractivity contribution is 0.169. The van der Waals surface area contributed by atoms with Gasteiger partial charge in [-0.25, -0.2) is 0 Å². The fourth-order valence-corrected chi connectivity index (χ4v) is 1.45. The van der Waals surface area contributed by atoms with Crippen LogP contribution >= 0.6 is 15.9 Å². The molecule has 74 valence electrons. The molecule has 2 heteroatoms. The van der Waals surface area contributed by atoms with E-state index in [4.69, 9.17) is 0 Å². The Kier molecular flexibility index (Phi) is 4.72. The summed E-state index contributed by atoms with van der Waals surface area (Å²) in [6.07, 6.45) is 1.04. The maximum atomic E-state index is 9.75. The molecule has 1 unspecified atom stereocenters. The van der Waals surface area contributed by atoms with Crippen molar-refractivity contribution in [3.8, 4) is 11.8 Å². The molecule has 0 bridgehead atoms. The van der Waals surface area contributed by atoms with E-state index >= 15 is 0 Å². The van der Waals surface area contributed by atoms with Crippen LogP contribution in [0.25, 0.3) is 0 Å². The van der Waals surface area contributed by atoms with Crippen molar-refractivity contribution in [1.82, 2.24) is 0 Å². The zero-order valence-electron chi connectivity index (χ0n) is 8.13. The topological polar surface area (TPSA) is 20.2 Å². The van der Waals surface area contributed by atoms with Gasteiger partial charge in [-0.15, -0.1) is 11.8 Å². The highest BCUT2D eigenvalue weighted by Gasteiger charge is 2.05. The van der Waals surface area contributed by atoms with E-state index in [9.17, 15) is 5.11 Å². The normalized spacial score (nSPS) is 11.6. The molecule has 1 atom stereocenters. The van der Waals surface area contributed by atoms with Gasteiger partial charge in [-0.3, -0.25) is 0 Å². The van der Waals surface area contributed by atoms with Gasteiger partial charge in [0.2, 0.25) is 0 Å². The Morgan fingerprint density at radius 3 is 2.57 bits per heavy atom. The summed E-state index contributed by atoms with van der Waals surface area (Å²) < 4.78 is 1.03. The van der Waals surface area contributed by atoms with Gasteiger partial charge in [-0.05, 0) is 31.0 Å². The molecule has 0 aliphatic carbocycles. The number of aliphatic hydroxyl groups is 1. The molecule has 0 aliphatic rings. The van der Waals surface area contributed by atoms with Crippen LogP contribution in [0.1, 0.15) is 31.4 Å². The maximum Gasteiger partial charge on any atom is 0.0799 e. The number of hydrogen-bond donors (Lipinski definition) is 1. The molecule has 0 saturated heterocycles. The SMILES string of the molecule is CC#CCCC(O)c1ccc(Br)cc1. The van der Waals surface area contributed by atoms with Gasteiger partial charge in [0.25, 0.3) is 0 Å². The third kappa shape index (κ3) is 3.53. The molecule has 1 nitrogen and oxygen atoms in total. The summed E-state index contributed by atoms with van der Waals surface area (Å²) in [6.45, 7) is 1.81. The van der Waals surface area contributed by atoms with Crippen molar-refractivity contribution in [2.45, 2.75) is 25.9 Å². The van der Waals surface area contributed by atoms with Crippen LogP contribution in [-0.4, -0.2) is 5.11 Å². The van der Waals surface area contributed by atoms with Gasteiger partial charge in [0.05, 0.1) is 6.10 Å². The van der Waals surface area contributed by atoms with Gasteiger partial charge >= 0.3 is 0 Å². The van der Waals surface area contributed by atoms with E-state index in [-0.39, 0.29) is 0 Å². The minimum absolute atomic E-state index is 0.399. The molecular formula is C12H13BrO. The van der Waals surface area contributed by atoms with Crippen LogP contribution in [0.5, 0.6) is 0 Å². The third-order valence-corrected chi connectivity index (χ3v) is 2.50. The first-order chi connectivity index (χ1) is 6.74. The van der Waals surface area contributed by atoms with Crippen molar-refractivity contribution in [3.05, 3.63) is 34.3 Å². The van der Waals surface area contributed by atoms with E-state index in [1.54, 1.807) is 0 Å². The summed E-state index contributed by atoms with van der Waals surface area (Å²) in [5.74, 6) is 5.76. The Hall–Kier alpha value is -0.780. The van der Waals surface area contributed by atoms with Gasteiger partial charge in [0.15, 0.2) is 0 Å². The number of rotatable bonds is 3.